The third-order valence-electron chi connectivity index (χ3n) is 3.80. The number of nitrogens with zero attached hydrogens (tertiary/aromatic N) is 4. The second kappa shape index (κ2) is 7.34. The molecule has 4 rings (SSSR count). The summed E-state index contributed by atoms with van der Waals surface area (Å²) in [5, 5.41) is 13.3. The number of halogens is 1. The van der Waals surface area contributed by atoms with E-state index in [2.05, 4.69) is 38.4 Å². The zero-order chi connectivity index (χ0) is 18.1. The van der Waals surface area contributed by atoms with Crippen molar-refractivity contribution in [1.82, 2.24) is 20.2 Å². The first kappa shape index (κ1) is 17.5. The molecule has 0 radical (unpaired) electrons. The van der Waals surface area contributed by atoms with Gasteiger partial charge in [-0.25, -0.2) is 9.97 Å². The summed E-state index contributed by atoms with van der Waals surface area (Å²) >= 11 is 9.41. The molecule has 0 saturated heterocycles. The van der Waals surface area contributed by atoms with Crippen molar-refractivity contribution in [2.75, 3.05) is 0 Å². The second-order valence-corrected chi connectivity index (χ2v) is 8.27. The van der Waals surface area contributed by atoms with Gasteiger partial charge in [-0.1, -0.05) is 35.5 Å². The van der Waals surface area contributed by atoms with E-state index in [0.717, 1.165) is 32.7 Å². The van der Waals surface area contributed by atoms with Crippen LogP contribution in [0, 0.1) is 13.8 Å². The Kier molecular flexibility index (Phi) is 4.93. The average Bonchev–Trinajstić information content (AvgIpc) is 3.22. The van der Waals surface area contributed by atoms with Crippen LogP contribution in [0.5, 0.6) is 0 Å². The minimum atomic E-state index is 0.508. The molecular formula is C18H15ClN4OS2. The van der Waals surface area contributed by atoms with E-state index in [1.807, 2.05) is 25.3 Å². The molecule has 5 nitrogen and oxygen atoms in total. The maximum Gasteiger partial charge on any atom is 0.276 e. The molecule has 0 aliphatic heterocycles. The molecule has 0 amide bonds. The van der Waals surface area contributed by atoms with E-state index in [9.17, 15) is 0 Å². The maximum absolute atomic E-state index is 6.34. The number of aryl methyl sites for hydroxylation is 2. The first-order valence-electron chi connectivity index (χ1n) is 7.99. The first-order chi connectivity index (χ1) is 12.6. The second-order valence-electron chi connectivity index (χ2n) is 5.92. The van der Waals surface area contributed by atoms with Crippen LogP contribution in [-0.2, 0) is 12.2 Å². The summed E-state index contributed by atoms with van der Waals surface area (Å²) < 4.78 is 5.70. The Morgan fingerprint density at radius 1 is 1.15 bits per heavy atom. The monoisotopic (exact) mass is 402 g/mol. The third kappa shape index (κ3) is 3.90. The van der Waals surface area contributed by atoms with Crippen molar-refractivity contribution in [2.45, 2.75) is 31.2 Å². The van der Waals surface area contributed by atoms with Crippen molar-refractivity contribution >= 4 is 45.6 Å². The highest BCUT2D eigenvalue weighted by Gasteiger charge is 2.12. The summed E-state index contributed by atoms with van der Waals surface area (Å²) in [6.45, 7) is 4.02. The number of pyridine rings is 1. The lowest BCUT2D eigenvalue weighted by Crippen LogP contribution is -1.89. The largest absolute Gasteiger partial charge is 0.416 e. The minimum Gasteiger partial charge on any atom is -0.416 e. The van der Waals surface area contributed by atoms with Crippen LogP contribution >= 0.6 is 34.7 Å². The van der Waals surface area contributed by atoms with Crippen LogP contribution in [0.15, 0.2) is 39.3 Å². The summed E-state index contributed by atoms with van der Waals surface area (Å²) in [6.07, 6.45) is 0.551. The quantitative estimate of drug-likeness (QED) is 0.336. The molecule has 0 bridgehead atoms. The Bertz CT molecular complexity index is 1080. The van der Waals surface area contributed by atoms with E-state index in [1.165, 1.54) is 11.8 Å². The van der Waals surface area contributed by atoms with Gasteiger partial charge in [0.15, 0.2) is 0 Å². The highest BCUT2D eigenvalue weighted by molar-refractivity contribution is 7.98. The number of benzene rings is 1. The van der Waals surface area contributed by atoms with Gasteiger partial charge in [-0.2, -0.15) is 0 Å². The van der Waals surface area contributed by atoms with Crippen LogP contribution < -0.4 is 0 Å². The zero-order valence-corrected chi connectivity index (χ0v) is 16.6. The summed E-state index contributed by atoms with van der Waals surface area (Å²) in [4.78, 5) is 8.90. The number of rotatable bonds is 5. The molecule has 0 spiro atoms. The SMILES string of the molecule is Cc1ccc2cc(CSc3nnc(Cc4csc(C)n4)o3)c(Cl)nc2c1. The van der Waals surface area contributed by atoms with Crippen molar-refractivity contribution in [3.05, 3.63) is 62.5 Å². The lowest BCUT2D eigenvalue weighted by Gasteiger charge is -2.05. The van der Waals surface area contributed by atoms with Gasteiger partial charge in [0.2, 0.25) is 5.89 Å². The molecule has 0 fully saturated rings. The molecule has 3 aromatic heterocycles. The molecule has 0 atom stereocenters. The fourth-order valence-corrected chi connectivity index (χ4v) is 4.21. The van der Waals surface area contributed by atoms with Crippen LogP contribution in [0.1, 0.15) is 27.7 Å². The van der Waals surface area contributed by atoms with E-state index in [-0.39, 0.29) is 0 Å². The third-order valence-corrected chi connectivity index (χ3v) is 5.81. The first-order valence-corrected chi connectivity index (χ1v) is 10.2. The lowest BCUT2D eigenvalue weighted by molar-refractivity contribution is 0.419. The van der Waals surface area contributed by atoms with Crippen LogP contribution in [0.3, 0.4) is 0 Å². The topological polar surface area (TPSA) is 64.7 Å². The Morgan fingerprint density at radius 3 is 2.85 bits per heavy atom. The summed E-state index contributed by atoms with van der Waals surface area (Å²) in [7, 11) is 0. The molecule has 3 heterocycles. The number of hydrogen-bond donors (Lipinski definition) is 0. The molecule has 8 heteroatoms. The normalized spacial score (nSPS) is 11.3. The number of thioether (sulfide) groups is 1. The molecule has 0 aliphatic rings. The molecule has 0 N–H and O–H groups in total. The zero-order valence-electron chi connectivity index (χ0n) is 14.2. The number of aromatic nitrogens is 4. The van der Waals surface area contributed by atoms with Crippen molar-refractivity contribution in [1.29, 1.82) is 0 Å². The Labute approximate surface area is 163 Å². The van der Waals surface area contributed by atoms with Crippen LogP contribution in [0.4, 0.5) is 0 Å². The lowest BCUT2D eigenvalue weighted by atomic mass is 10.1. The predicted molar refractivity (Wildman–Crippen MR) is 105 cm³/mol. The van der Waals surface area contributed by atoms with Gasteiger partial charge in [-0.05, 0) is 31.5 Å². The molecular weight excluding hydrogens is 388 g/mol. The van der Waals surface area contributed by atoms with Gasteiger partial charge in [0, 0.05) is 22.1 Å². The fourth-order valence-electron chi connectivity index (χ4n) is 2.55. The fraction of sp³-hybridized carbons (Fsp3) is 0.222. The molecule has 132 valence electrons. The molecule has 4 aromatic rings. The van der Waals surface area contributed by atoms with Gasteiger partial charge < -0.3 is 4.42 Å². The summed E-state index contributed by atoms with van der Waals surface area (Å²) in [6, 6.07) is 8.22. The van der Waals surface area contributed by atoms with E-state index >= 15 is 0 Å². The van der Waals surface area contributed by atoms with Crippen molar-refractivity contribution < 1.29 is 4.42 Å². The van der Waals surface area contributed by atoms with Gasteiger partial charge >= 0.3 is 0 Å². The van der Waals surface area contributed by atoms with E-state index in [0.29, 0.717) is 28.4 Å². The smallest absolute Gasteiger partial charge is 0.276 e. The molecule has 0 aliphatic carbocycles. The van der Waals surface area contributed by atoms with Gasteiger partial charge in [0.05, 0.1) is 22.6 Å². The van der Waals surface area contributed by atoms with Crippen LogP contribution in [0.2, 0.25) is 5.15 Å². The minimum absolute atomic E-state index is 0.508. The molecule has 26 heavy (non-hydrogen) atoms. The summed E-state index contributed by atoms with van der Waals surface area (Å²) in [5.41, 5.74) is 3.96. The van der Waals surface area contributed by atoms with Gasteiger partial charge in [0.25, 0.3) is 5.22 Å². The Balaban J connectivity index is 1.46. The summed E-state index contributed by atoms with van der Waals surface area (Å²) in [5.74, 6) is 1.18. The number of fused-ring (bicyclic) bond motifs is 1. The van der Waals surface area contributed by atoms with Gasteiger partial charge in [-0.15, -0.1) is 21.5 Å². The van der Waals surface area contributed by atoms with Crippen molar-refractivity contribution in [2.24, 2.45) is 0 Å². The standard InChI is InChI=1S/C18H15ClN4OS2/c1-10-3-4-12-6-13(17(19)21-15(12)5-10)8-26-18-23-22-16(24-18)7-14-9-25-11(2)20-14/h3-6,9H,7-8H2,1-2H3. The van der Waals surface area contributed by atoms with Gasteiger partial charge in [-0.3, -0.25) is 0 Å². The predicted octanol–water partition coefficient (Wildman–Crippen LogP) is 5.23. The maximum atomic E-state index is 6.34. The van der Waals surface area contributed by atoms with Crippen molar-refractivity contribution in [3.8, 4) is 0 Å². The molecule has 1 aromatic carbocycles. The highest BCUT2D eigenvalue weighted by atomic mass is 35.5. The van der Waals surface area contributed by atoms with Crippen LogP contribution in [0.25, 0.3) is 10.9 Å². The number of thiazole rings is 1. The van der Waals surface area contributed by atoms with Gasteiger partial charge in [0.1, 0.15) is 5.15 Å². The molecule has 0 saturated carbocycles. The molecule has 0 unspecified atom stereocenters. The Hall–Kier alpha value is -1.96. The van der Waals surface area contributed by atoms with E-state index in [1.54, 1.807) is 11.3 Å². The number of hydrogen-bond acceptors (Lipinski definition) is 7. The van der Waals surface area contributed by atoms with Crippen LogP contribution in [-0.4, -0.2) is 20.2 Å². The van der Waals surface area contributed by atoms with E-state index in [4.69, 9.17) is 16.0 Å². The van der Waals surface area contributed by atoms with Crippen molar-refractivity contribution in [3.63, 3.8) is 0 Å². The highest BCUT2D eigenvalue weighted by Crippen LogP contribution is 2.28. The Morgan fingerprint density at radius 2 is 2.04 bits per heavy atom. The average molecular weight is 403 g/mol. The van der Waals surface area contributed by atoms with E-state index < -0.39 is 0 Å².